The first-order valence-corrected chi connectivity index (χ1v) is 40.7. The van der Waals surface area contributed by atoms with Crippen LogP contribution in [-0.2, 0) is 60.3 Å². The Labute approximate surface area is 767 Å². The summed E-state index contributed by atoms with van der Waals surface area (Å²) >= 11 is 0. The molecule has 15 nitrogen and oxygen atoms in total. The summed E-state index contributed by atoms with van der Waals surface area (Å²) in [6.45, 7) is 6.24. The van der Waals surface area contributed by atoms with E-state index in [1.165, 1.54) is 98.8 Å². The molecule has 3 aliphatic heterocycles. The number of hydrogen-bond donors (Lipinski definition) is 0. The standard InChI is InChI=1S/3C22H12N3.3C14H12N2.3Ir/c1-2-5-16-14(4-1)7-8-15-9-10-18-17-6-3-12-23-21(17)19-11-13-24-25(19)22(18)20(15)16;1-2-5-15-14(4-1)7-8-18-16(15)9-10-19-17-6-3-12-23-21(17)20-11-13-24-25(20)22(18)19;1-2-5-15-13-19-16(12-14(15)4-1)7-8-18-17-6-3-10-23-21(17)20-9-11-24-25(20)22(18)19;3*1-15-11-16(12-7-3-2-4-8-12)14-10-6-5-9-13(14)15;;;/h2*1-10,12-13H;1-8,10-13H;3*2-7,9-11H,1H3;;;/q3*-1;3*-2;3*+3. The zero-order valence-corrected chi connectivity index (χ0v) is 75.3. The molecule has 0 radical (unpaired) electrons. The van der Waals surface area contributed by atoms with E-state index in [9.17, 15) is 0 Å². The van der Waals surface area contributed by atoms with Crippen molar-refractivity contribution in [2.45, 2.75) is 0 Å². The molecule has 0 saturated heterocycles. The van der Waals surface area contributed by atoms with Gasteiger partial charge in [0.2, 0.25) is 0 Å². The number of para-hydroxylation sites is 9. The number of hydrogen-bond acceptors (Lipinski definition) is 12. The van der Waals surface area contributed by atoms with Crippen molar-refractivity contribution in [3.05, 3.63) is 421 Å². The van der Waals surface area contributed by atoms with Gasteiger partial charge in [-0.15, -0.1) is 17.1 Å². The fourth-order valence-electron chi connectivity index (χ4n) is 17.7. The molecule has 0 aliphatic carbocycles. The molecular formula is C108H72Ir3N15. The van der Waals surface area contributed by atoms with Gasteiger partial charge < -0.3 is 44.4 Å². The number of pyridine rings is 6. The quantitative estimate of drug-likeness (QED) is 0.0954. The monoisotopic (exact) mass is 2160 g/mol. The Balaban J connectivity index is 0.0000000995. The Kier molecular flexibility index (Phi) is 22.5. The van der Waals surface area contributed by atoms with Crippen molar-refractivity contribution >= 4 is 198 Å². The van der Waals surface area contributed by atoms with Gasteiger partial charge >= 0.3 is 60.3 Å². The molecule has 9 aromatic heterocycles. The van der Waals surface area contributed by atoms with Gasteiger partial charge in [-0.1, -0.05) is 237 Å². The smallest absolute Gasteiger partial charge is 0.504 e. The van der Waals surface area contributed by atoms with Crippen LogP contribution in [0.3, 0.4) is 0 Å². The van der Waals surface area contributed by atoms with E-state index >= 15 is 0 Å². The minimum Gasteiger partial charge on any atom is -0.504 e. The molecule has 0 saturated carbocycles. The van der Waals surface area contributed by atoms with Gasteiger partial charge in [0.25, 0.3) is 0 Å². The van der Waals surface area contributed by atoms with Gasteiger partial charge in [-0.2, -0.15) is 126 Å². The van der Waals surface area contributed by atoms with Crippen molar-refractivity contribution in [1.82, 2.24) is 43.8 Å². The van der Waals surface area contributed by atoms with E-state index in [2.05, 4.69) is 392 Å². The Morgan fingerprint density at radius 2 is 0.556 bits per heavy atom. The maximum Gasteiger partial charge on any atom is 3.00 e. The first kappa shape index (κ1) is 81.4. The third-order valence-corrected chi connectivity index (χ3v) is 23.3. The summed E-state index contributed by atoms with van der Waals surface area (Å²) in [4.78, 5) is 26.5. The molecule has 12 heterocycles. The molecule has 27 rings (SSSR count). The van der Waals surface area contributed by atoms with Gasteiger partial charge in [-0.3, -0.25) is 13.5 Å². The SMILES string of the molecule is CN1[CH-]N(c2[c-]cccc2)c2ccccc21.CN1[CH-]N(c2[c-]cccc2)c2ccccc21.CN1[CH-]N(c2[c-]cccc2)c2ccccc21.[Ir+3].[Ir+3].[Ir+3].[c-]1cnn2c1c1ncccc1c1ccc3c4ccccc4ccc3c12.[c-]1cnn2c1c1ncccc1c1ccc3cc4ccccc4cc3c12.[c-]1cnn2c1c1ncccc1c1ccc3ccc4ccccc4c3c12. The van der Waals surface area contributed by atoms with Crippen molar-refractivity contribution < 1.29 is 60.3 Å². The molecule has 0 N–H and O–H groups in total. The molecule has 18 heteroatoms. The molecular weight excluding hydrogens is 2080 g/mol. The predicted molar refractivity (Wildman–Crippen MR) is 505 cm³/mol. The number of anilines is 9. The van der Waals surface area contributed by atoms with Gasteiger partial charge in [0.15, 0.2) is 0 Å². The maximum absolute atomic E-state index is 4.58. The van der Waals surface area contributed by atoms with E-state index in [0.717, 1.165) is 99.0 Å². The molecule has 0 atom stereocenters. The molecule has 24 aromatic rings. The number of rotatable bonds is 3. The summed E-state index contributed by atoms with van der Waals surface area (Å²) in [6.07, 6.45) is 10.6. The summed E-state index contributed by atoms with van der Waals surface area (Å²) in [5.41, 5.74) is 19.4. The van der Waals surface area contributed by atoms with Crippen molar-refractivity contribution in [1.29, 1.82) is 0 Å². The van der Waals surface area contributed by atoms with Crippen LogP contribution in [0.25, 0.3) is 147 Å². The Morgan fingerprint density at radius 1 is 0.238 bits per heavy atom. The number of benzene rings is 15. The average Bonchev–Trinajstić information content (AvgIpc) is 1.30. The second kappa shape index (κ2) is 34.8. The van der Waals surface area contributed by atoms with Crippen LogP contribution >= 0.6 is 0 Å². The van der Waals surface area contributed by atoms with Gasteiger partial charge in [-0.25, -0.2) is 18.2 Å². The number of nitrogens with zero attached hydrogens (tertiary/aromatic N) is 15. The Bertz CT molecular complexity index is 7830. The normalized spacial score (nSPS) is 12.5. The van der Waals surface area contributed by atoms with E-state index in [4.69, 9.17) is 0 Å². The third kappa shape index (κ3) is 14.4. The molecule has 0 fully saturated rings. The average molecular weight is 2160 g/mol. The van der Waals surface area contributed by atoms with Crippen LogP contribution in [0.4, 0.5) is 51.2 Å². The fraction of sp³-hybridized carbons (Fsp3) is 0.0278. The molecule has 0 spiro atoms. The van der Waals surface area contributed by atoms with Crippen LogP contribution in [0.5, 0.6) is 0 Å². The van der Waals surface area contributed by atoms with E-state index in [1.807, 2.05) is 105 Å². The summed E-state index contributed by atoms with van der Waals surface area (Å²) < 4.78 is 5.93. The van der Waals surface area contributed by atoms with Crippen molar-refractivity contribution in [3.63, 3.8) is 0 Å². The maximum atomic E-state index is 4.58. The topological polar surface area (TPSA) is 110 Å². The van der Waals surface area contributed by atoms with Gasteiger partial charge in [0, 0.05) is 68.9 Å². The van der Waals surface area contributed by atoms with Crippen molar-refractivity contribution in [3.8, 4) is 0 Å². The van der Waals surface area contributed by atoms with Crippen molar-refractivity contribution in [2.24, 2.45) is 0 Å². The molecule has 0 unspecified atom stereocenters. The van der Waals surface area contributed by atoms with Crippen LogP contribution in [0.15, 0.2) is 365 Å². The van der Waals surface area contributed by atoms with Crippen LogP contribution < -0.4 is 29.4 Å². The number of aromatic nitrogens is 9. The zero-order chi connectivity index (χ0) is 82.0. The summed E-state index contributed by atoms with van der Waals surface area (Å²) in [6, 6.07) is 133. The van der Waals surface area contributed by atoms with Gasteiger partial charge in [0.05, 0.1) is 16.6 Å². The minimum atomic E-state index is 0. The number of fused-ring (bicyclic) bond motifs is 32. The first-order chi connectivity index (χ1) is 60.8. The van der Waals surface area contributed by atoms with Crippen LogP contribution in [-0.4, -0.2) is 64.9 Å². The summed E-state index contributed by atoms with van der Waals surface area (Å²) in [7, 11) is 6.17. The molecule has 606 valence electrons. The Morgan fingerprint density at radius 3 is 1.01 bits per heavy atom. The first-order valence-electron chi connectivity index (χ1n) is 40.7. The van der Waals surface area contributed by atoms with E-state index in [0.29, 0.717) is 0 Å². The van der Waals surface area contributed by atoms with Crippen LogP contribution in [0, 0.1) is 56.4 Å². The summed E-state index contributed by atoms with van der Waals surface area (Å²) in [5.74, 6) is 0. The van der Waals surface area contributed by atoms with Gasteiger partial charge in [0.1, 0.15) is 0 Å². The second-order valence-electron chi connectivity index (χ2n) is 30.4. The third-order valence-electron chi connectivity index (χ3n) is 23.3. The Hall–Kier alpha value is -14.3. The van der Waals surface area contributed by atoms with Crippen LogP contribution in [0.1, 0.15) is 0 Å². The minimum absolute atomic E-state index is 0. The molecule has 0 bridgehead atoms. The zero-order valence-electron chi connectivity index (χ0n) is 68.1. The van der Waals surface area contributed by atoms with E-state index in [1.54, 1.807) is 18.6 Å². The van der Waals surface area contributed by atoms with Crippen molar-refractivity contribution in [2.75, 3.05) is 50.5 Å². The molecule has 15 aromatic carbocycles. The van der Waals surface area contributed by atoms with Gasteiger partial charge in [-0.05, 0) is 171 Å². The molecule has 3 aliphatic rings. The van der Waals surface area contributed by atoms with E-state index in [-0.39, 0.29) is 60.3 Å². The second-order valence-corrected chi connectivity index (χ2v) is 30.4. The molecule has 126 heavy (non-hydrogen) atoms. The largest absolute Gasteiger partial charge is 3.00 e. The molecule has 0 amide bonds. The van der Waals surface area contributed by atoms with Crippen LogP contribution in [0.2, 0.25) is 0 Å². The summed E-state index contributed by atoms with van der Waals surface area (Å²) in [5, 5.41) is 35.3. The fourth-order valence-corrected chi connectivity index (χ4v) is 17.7. The van der Waals surface area contributed by atoms with E-state index < -0.39 is 0 Å². The predicted octanol–water partition coefficient (Wildman–Crippen LogP) is 25.0.